The second-order valence-corrected chi connectivity index (χ2v) is 8.13. The minimum Gasteiger partial charge on any atom is -0.493 e. The number of benzene rings is 2. The maximum Gasteiger partial charge on any atom is 0.338 e. The van der Waals surface area contributed by atoms with Crippen LogP contribution in [0.25, 0.3) is 0 Å². The summed E-state index contributed by atoms with van der Waals surface area (Å²) in [4.78, 5) is 12.2. The van der Waals surface area contributed by atoms with Crippen LogP contribution in [0, 0.1) is 5.82 Å². The lowest BCUT2D eigenvalue weighted by molar-refractivity contribution is 0.0486. The molecule has 3 rings (SSSR count). The molecule has 0 atom stereocenters. The van der Waals surface area contributed by atoms with Crippen molar-refractivity contribution < 1.29 is 27.1 Å². The van der Waals surface area contributed by atoms with Gasteiger partial charge < -0.3 is 9.47 Å². The molecule has 0 N–H and O–H groups in total. The maximum atomic E-state index is 12.8. The molecule has 1 heterocycles. The minimum atomic E-state index is -3.31. The summed E-state index contributed by atoms with van der Waals surface area (Å²) in [5.41, 5.74) is 1.82. The number of rotatable bonds is 7. The molecule has 0 unspecified atom stereocenters. The van der Waals surface area contributed by atoms with Gasteiger partial charge in [-0.1, -0.05) is 0 Å². The Kier molecular flexibility index (Phi) is 5.65. The molecule has 0 radical (unpaired) electrons. The molecule has 0 saturated heterocycles. The fraction of sp³-hybridized carbons (Fsp3) is 0.316. The molecule has 0 aliphatic carbocycles. The molecular formula is C19H20FNO5S. The van der Waals surface area contributed by atoms with Gasteiger partial charge in [0, 0.05) is 13.0 Å². The second-order valence-electron chi connectivity index (χ2n) is 6.22. The maximum absolute atomic E-state index is 12.8. The number of carbonyl (C=O) groups is 1. The van der Waals surface area contributed by atoms with Crippen LogP contribution in [0.1, 0.15) is 22.3 Å². The average Bonchev–Trinajstić information content (AvgIpc) is 3.06. The fourth-order valence-corrected chi connectivity index (χ4v) is 3.83. The predicted molar refractivity (Wildman–Crippen MR) is 99.1 cm³/mol. The van der Waals surface area contributed by atoms with Crippen molar-refractivity contribution in [2.75, 3.05) is 30.3 Å². The van der Waals surface area contributed by atoms with Crippen molar-refractivity contribution in [3.8, 4) is 5.75 Å². The van der Waals surface area contributed by atoms with Gasteiger partial charge in [-0.3, -0.25) is 4.31 Å². The van der Waals surface area contributed by atoms with E-state index in [0.717, 1.165) is 11.8 Å². The number of ether oxygens (including phenoxy) is 2. The number of hydrogen-bond donors (Lipinski definition) is 0. The highest BCUT2D eigenvalue weighted by Crippen LogP contribution is 2.30. The summed E-state index contributed by atoms with van der Waals surface area (Å²) in [6.07, 6.45) is 2.23. The SMILES string of the molecule is CS(=O)(=O)N1CCc2cc(C(=O)OCCCOc3ccc(F)cc3)ccc21. The Labute approximate surface area is 157 Å². The first-order valence-corrected chi connectivity index (χ1v) is 10.4. The van der Waals surface area contributed by atoms with Crippen molar-refractivity contribution in [1.29, 1.82) is 0 Å². The Morgan fingerprint density at radius 2 is 1.89 bits per heavy atom. The van der Waals surface area contributed by atoms with E-state index in [2.05, 4.69) is 0 Å². The number of esters is 1. The first kappa shape index (κ1) is 19.2. The lowest BCUT2D eigenvalue weighted by Gasteiger charge is -2.16. The highest BCUT2D eigenvalue weighted by molar-refractivity contribution is 7.92. The second kappa shape index (κ2) is 7.96. The van der Waals surface area contributed by atoms with Gasteiger partial charge in [0.05, 0.1) is 30.7 Å². The van der Waals surface area contributed by atoms with Crippen molar-refractivity contribution in [2.45, 2.75) is 12.8 Å². The zero-order valence-corrected chi connectivity index (χ0v) is 15.7. The number of fused-ring (bicyclic) bond motifs is 1. The van der Waals surface area contributed by atoms with Gasteiger partial charge >= 0.3 is 5.97 Å². The third-order valence-electron chi connectivity index (χ3n) is 4.17. The topological polar surface area (TPSA) is 72.9 Å². The molecule has 0 amide bonds. The van der Waals surface area contributed by atoms with Crippen molar-refractivity contribution >= 4 is 21.7 Å². The fourth-order valence-electron chi connectivity index (χ4n) is 2.87. The van der Waals surface area contributed by atoms with E-state index in [0.29, 0.717) is 43.0 Å². The van der Waals surface area contributed by atoms with E-state index in [1.807, 2.05) is 0 Å². The van der Waals surface area contributed by atoms with Gasteiger partial charge in [-0.05, 0) is 54.4 Å². The summed E-state index contributed by atoms with van der Waals surface area (Å²) in [6, 6.07) is 10.6. The Balaban J connectivity index is 1.48. The minimum absolute atomic E-state index is 0.187. The highest BCUT2D eigenvalue weighted by atomic mass is 32.2. The number of anilines is 1. The molecular weight excluding hydrogens is 373 g/mol. The summed E-state index contributed by atoms with van der Waals surface area (Å²) in [7, 11) is -3.31. The number of halogens is 1. The molecule has 0 aromatic heterocycles. The van der Waals surface area contributed by atoms with Gasteiger partial charge in [0.2, 0.25) is 10.0 Å². The average molecular weight is 393 g/mol. The van der Waals surface area contributed by atoms with Crippen LogP contribution in [0.4, 0.5) is 10.1 Å². The van der Waals surface area contributed by atoms with Crippen LogP contribution < -0.4 is 9.04 Å². The molecule has 6 nitrogen and oxygen atoms in total. The Morgan fingerprint density at radius 1 is 1.15 bits per heavy atom. The first-order valence-electron chi connectivity index (χ1n) is 8.51. The normalized spacial score (nSPS) is 13.3. The van der Waals surface area contributed by atoms with Crippen LogP contribution in [0.3, 0.4) is 0 Å². The van der Waals surface area contributed by atoms with Gasteiger partial charge in [0.1, 0.15) is 11.6 Å². The van der Waals surface area contributed by atoms with E-state index < -0.39 is 16.0 Å². The molecule has 2 aromatic rings. The Hall–Kier alpha value is -2.61. The number of hydrogen-bond acceptors (Lipinski definition) is 5. The van der Waals surface area contributed by atoms with Gasteiger partial charge in [0.25, 0.3) is 0 Å². The van der Waals surface area contributed by atoms with E-state index in [4.69, 9.17) is 9.47 Å². The van der Waals surface area contributed by atoms with Crippen molar-refractivity contribution in [2.24, 2.45) is 0 Å². The van der Waals surface area contributed by atoms with Gasteiger partial charge in [0.15, 0.2) is 0 Å². The van der Waals surface area contributed by atoms with E-state index in [-0.39, 0.29) is 12.4 Å². The van der Waals surface area contributed by atoms with Gasteiger partial charge in [-0.25, -0.2) is 17.6 Å². The third kappa shape index (κ3) is 4.77. The quantitative estimate of drug-likeness (QED) is 0.534. The molecule has 1 aliphatic heterocycles. The van der Waals surface area contributed by atoms with Crippen LogP contribution in [0.2, 0.25) is 0 Å². The number of nitrogens with zero attached hydrogens (tertiary/aromatic N) is 1. The van der Waals surface area contributed by atoms with Crippen LogP contribution in [0.5, 0.6) is 5.75 Å². The van der Waals surface area contributed by atoms with E-state index in [1.54, 1.807) is 18.2 Å². The molecule has 27 heavy (non-hydrogen) atoms. The number of sulfonamides is 1. The summed E-state index contributed by atoms with van der Waals surface area (Å²) >= 11 is 0. The molecule has 144 valence electrons. The van der Waals surface area contributed by atoms with Crippen molar-refractivity contribution in [1.82, 2.24) is 0 Å². The van der Waals surface area contributed by atoms with E-state index in [9.17, 15) is 17.6 Å². The van der Waals surface area contributed by atoms with Crippen LogP contribution >= 0.6 is 0 Å². The smallest absolute Gasteiger partial charge is 0.338 e. The van der Waals surface area contributed by atoms with E-state index in [1.165, 1.54) is 28.6 Å². The van der Waals surface area contributed by atoms with Gasteiger partial charge in [-0.2, -0.15) is 0 Å². The van der Waals surface area contributed by atoms with Crippen LogP contribution in [-0.4, -0.2) is 40.4 Å². The van der Waals surface area contributed by atoms with Crippen molar-refractivity contribution in [3.05, 3.63) is 59.4 Å². The largest absolute Gasteiger partial charge is 0.493 e. The highest BCUT2D eigenvalue weighted by Gasteiger charge is 2.26. The zero-order valence-electron chi connectivity index (χ0n) is 14.9. The Bertz CT molecular complexity index is 928. The molecule has 1 aliphatic rings. The Morgan fingerprint density at radius 3 is 2.59 bits per heavy atom. The monoisotopic (exact) mass is 393 g/mol. The van der Waals surface area contributed by atoms with Crippen LogP contribution in [0.15, 0.2) is 42.5 Å². The zero-order chi connectivity index (χ0) is 19.4. The van der Waals surface area contributed by atoms with Crippen LogP contribution in [-0.2, 0) is 21.2 Å². The summed E-state index contributed by atoms with van der Waals surface area (Å²) in [5.74, 6) is -0.237. The molecule has 2 aromatic carbocycles. The lowest BCUT2D eigenvalue weighted by atomic mass is 10.1. The summed E-state index contributed by atoms with van der Waals surface area (Å²) in [5, 5.41) is 0. The molecule has 0 spiro atoms. The summed E-state index contributed by atoms with van der Waals surface area (Å²) < 4.78 is 48.3. The molecule has 0 fully saturated rings. The first-order chi connectivity index (χ1) is 12.8. The standard InChI is InChI=1S/C19H20FNO5S/c1-27(23,24)21-10-9-14-13-15(3-8-18(14)21)19(22)26-12-2-11-25-17-6-4-16(20)5-7-17/h3-8,13H,2,9-12H2,1H3. The van der Waals surface area contributed by atoms with Crippen molar-refractivity contribution in [3.63, 3.8) is 0 Å². The third-order valence-corrected chi connectivity index (χ3v) is 5.35. The summed E-state index contributed by atoms with van der Waals surface area (Å²) in [6.45, 7) is 0.909. The molecule has 0 saturated carbocycles. The number of carbonyl (C=O) groups excluding carboxylic acids is 1. The van der Waals surface area contributed by atoms with E-state index >= 15 is 0 Å². The predicted octanol–water partition coefficient (Wildman–Crippen LogP) is 2.77. The molecule has 0 bridgehead atoms. The lowest BCUT2D eigenvalue weighted by Crippen LogP contribution is -2.27. The molecule has 8 heteroatoms. The van der Waals surface area contributed by atoms with Gasteiger partial charge in [-0.15, -0.1) is 0 Å².